The van der Waals surface area contributed by atoms with Crippen molar-refractivity contribution in [1.82, 2.24) is 9.88 Å². The number of aryl methyl sites for hydroxylation is 1. The Kier molecular flexibility index (Phi) is 8.17. The number of aromatic amines is 1. The van der Waals surface area contributed by atoms with Gasteiger partial charge in [-0.15, -0.1) is 0 Å². The zero-order valence-electron chi connectivity index (χ0n) is 21.5. The van der Waals surface area contributed by atoms with Crippen LogP contribution in [-0.4, -0.2) is 56.1 Å². The number of carbonyl (C=O) groups excluding carboxylic acids is 1. The van der Waals surface area contributed by atoms with Crippen LogP contribution in [0.1, 0.15) is 28.4 Å². The fraction of sp³-hybridized carbons (Fsp3) is 0.300. The molecule has 8 heteroatoms. The predicted octanol–water partition coefficient (Wildman–Crippen LogP) is 6.32. The topological polar surface area (TPSA) is 73.0 Å². The number of nitrogens with one attached hydrogen (secondary N) is 1. The van der Waals surface area contributed by atoms with Crippen LogP contribution in [0, 0.1) is 6.92 Å². The lowest BCUT2D eigenvalue weighted by atomic mass is 9.92. The summed E-state index contributed by atoms with van der Waals surface area (Å²) in [6.07, 6.45) is 0.300. The minimum Gasteiger partial charge on any atom is -0.491 e. The minimum absolute atomic E-state index is 0.352. The average molecular weight is 535 g/mol. The fourth-order valence-corrected chi connectivity index (χ4v) is 4.95. The number of hydrogen-bond donors (Lipinski definition) is 1. The Morgan fingerprint density at radius 2 is 1.71 bits per heavy atom. The standard InChI is InChI=1S/C30H31ClN2O5/c1-20-3-8-24(9-4-20)38-30(34)33-14-13-25-26-19-22(31)7-12-27(26)32-28(25)29(33)21-5-10-23(11-6-21)37-18-17-36-16-15-35-2/h3-12,19,29,32H,13-18H2,1-2H3. The van der Waals surface area contributed by atoms with Crippen molar-refractivity contribution < 1.29 is 23.7 Å². The molecule has 0 saturated carbocycles. The summed E-state index contributed by atoms with van der Waals surface area (Å²) in [5.41, 5.74) is 5.18. The van der Waals surface area contributed by atoms with E-state index in [4.69, 9.17) is 30.5 Å². The number of fused-ring (bicyclic) bond motifs is 3. The highest BCUT2D eigenvalue weighted by atomic mass is 35.5. The highest BCUT2D eigenvalue weighted by molar-refractivity contribution is 6.31. The molecule has 4 aromatic rings. The van der Waals surface area contributed by atoms with Crippen molar-refractivity contribution in [2.75, 3.05) is 40.1 Å². The van der Waals surface area contributed by atoms with Gasteiger partial charge in [0.05, 0.1) is 19.8 Å². The van der Waals surface area contributed by atoms with E-state index in [0.717, 1.165) is 33.5 Å². The SMILES string of the molecule is COCCOCCOc1ccc(C2c3[nH]c4ccc(Cl)cc4c3CCN2C(=O)Oc2ccc(C)cc2)cc1. The summed E-state index contributed by atoms with van der Waals surface area (Å²) in [7, 11) is 1.64. The Balaban J connectivity index is 1.41. The Morgan fingerprint density at radius 3 is 2.47 bits per heavy atom. The molecule has 0 radical (unpaired) electrons. The molecule has 1 N–H and O–H groups in total. The summed E-state index contributed by atoms with van der Waals surface area (Å²) >= 11 is 6.32. The summed E-state index contributed by atoms with van der Waals surface area (Å²) in [4.78, 5) is 18.8. The summed E-state index contributed by atoms with van der Waals surface area (Å²) < 4.78 is 22.1. The molecule has 2 heterocycles. The van der Waals surface area contributed by atoms with Gasteiger partial charge in [-0.1, -0.05) is 41.4 Å². The number of H-pyrrole nitrogens is 1. The molecule has 5 rings (SSSR count). The smallest absolute Gasteiger partial charge is 0.416 e. The first kappa shape index (κ1) is 26.1. The number of aromatic nitrogens is 1. The van der Waals surface area contributed by atoms with Gasteiger partial charge >= 0.3 is 6.09 Å². The van der Waals surface area contributed by atoms with Gasteiger partial charge in [-0.3, -0.25) is 4.90 Å². The van der Waals surface area contributed by atoms with Crippen LogP contribution in [-0.2, 0) is 15.9 Å². The Labute approximate surface area is 227 Å². The lowest BCUT2D eigenvalue weighted by Crippen LogP contribution is -2.42. The van der Waals surface area contributed by atoms with E-state index in [1.165, 1.54) is 5.56 Å². The molecule has 0 spiro atoms. The number of benzene rings is 3. The third kappa shape index (κ3) is 5.80. The van der Waals surface area contributed by atoms with E-state index in [1.807, 2.05) is 73.7 Å². The van der Waals surface area contributed by atoms with Crippen molar-refractivity contribution in [3.63, 3.8) is 0 Å². The first-order valence-electron chi connectivity index (χ1n) is 12.7. The molecule has 1 atom stereocenters. The van der Waals surface area contributed by atoms with Crippen LogP contribution >= 0.6 is 11.6 Å². The molecule has 198 valence electrons. The molecule has 0 aliphatic carbocycles. The van der Waals surface area contributed by atoms with E-state index in [1.54, 1.807) is 12.0 Å². The molecule has 1 aliphatic rings. The fourth-order valence-electron chi connectivity index (χ4n) is 4.78. The van der Waals surface area contributed by atoms with Gasteiger partial charge < -0.3 is 23.9 Å². The second-order valence-corrected chi connectivity index (χ2v) is 9.69. The highest BCUT2D eigenvalue weighted by Gasteiger charge is 2.35. The number of nitrogens with zero attached hydrogens (tertiary/aromatic N) is 1. The van der Waals surface area contributed by atoms with Crippen molar-refractivity contribution in [2.24, 2.45) is 0 Å². The summed E-state index contributed by atoms with van der Waals surface area (Å²) in [6, 6.07) is 20.8. The van der Waals surface area contributed by atoms with E-state index in [0.29, 0.717) is 50.2 Å². The van der Waals surface area contributed by atoms with Crippen LogP contribution in [0.3, 0.4) is 0 Å². The molecular formula is C30H31ClN2O5. The number of ether oxygens (including phenoxy) is 4. The number of hydrogen-bond acceptors (Lipinski definition) is 5. The maximum Gasteiger partial charge on any atom is 0.416 e. The average Bonchev–Trinajstić information content (AvgIpc) is 3.29. The predicted molar refractivity (Wildman–Crippen MR) is 147 cm³/mol. The molecule has 38 heavy (non-hydrogen) atoms. The zero-order chi connectivity index (χ0) is 26.5. The summed E-state index contributed by atoms with van der Waals surface area (Å²) in [6.45, 7) is 4.52. The Morgan fingerprint density at radius 1 is 0.974 bits per heavy atom. The molecule has 1 aromatic heterocycles. The van der Waals surface area contributed by atoms with Gasteiger partial charge in [0.25, 0.3) is 0 Å². The van der Waals surface area contributed by atoms with Gasteiger partial charge in [-0.2, -0.15) is 0 Å². The van der Waals surface area contributed by atoms with E-state index in [9.17, 15) is 4.79 Å². The van der Waals surface area contributed by atoms with Crippen LogP contribution in [0.25, 0.3) is 10.9 Å². The van der Waals surface area contributed by atoms with Crippen LogP contribution < -0.4 is 9.47 Å². The molecule has 1 unspecified atom stereocenters. The lowest BCUT2D eigenvalue weighted by Gasteiger charge is -2.35. The van der Waals surface area contributed by atoms with Gasteiger partial charge in [0.2, 0.25) is 0 Å². The summed E-state index contributed by atoms with van der Waals surface area (Å²) in [5, 5.41) is 1.77. The second kappa shape index (κ2) is 11.9. The minimum atomic E-state index is -0.394. The third-order valence-corrected chi connectivity index (χ3v) is 6.91. The number of amides is 1. The number of rotatable bonds is 9. The molecule has 0 bridgehead atoms. The van der Waals surface area contributed by atoms with Gasteiger partial charge in [0.15, 0.2) is 0 Å². The van der Waals surface area contributed by atoms with E-state index < -0.39 is 6.09 Å². The normalized spacial score (nSPS) is 14.9. The van der Waals surface area contributed by atoms with Crippen molar-refractivity contribution in [1.29, 1.82) is 0 Å². The van der Waals surface area contributed by atoms with E-state index >= 15 is 0 Å². The maximum absolute atomic E-state index is 13.5. The second-order valence-electron chi connectivity index (χ2n) is 9.26. The monoisotopic (exact) mass is 534 g/mol. The molecule has 7 nitrogen and oxygen atoms in total. The van der Waals surface area contributed by atoms with E-state index in [2.05, 4.69) is 4.98 Å². The van der Waals surface area contributed by atoms with Crippen LogP contribution in [0.4, 0.5) is 4.79 Å². The molecule has 0 saturated heterocycles. The Bertz CT molecular complexity index is 1380. The number of halogens is 1. The van der Waals surface area contributed by atoms with Gasteiger partial charge in [-0.05, 0) is 66.9 Å². The summed E-state index contributed by atoms with van der Waals surface area (Å²) in [5.74, 6) is 1.25. The molecule has 1 amide bonds. The van der Waals surface area contributed by atoms with Crippen molar-refractivity contribution in [3.8, 4) is 11.5 Å². The number of carbonyl (C=O) groups is 1. The van der Waals surface area contributed by atoms with Crippen molar-refractivity contribution in [3.05, 3.63) is 94.1 Å². The van der Waals surface area contributed by atoms with Gasteiger partial charge in [0, 0.05) is 35.3 Å². The quantitative estimate of drug-likeness (QED) is 0.254. The van der Waals surface area contributed by atoms with Crippen LogP contribution in [0.2, 0.25) is 5.02 Å². The van der Waals surface area contributed by atoms with Crippen molar-refractivity contribution >= 4 is 28.6 Å². The van der Waals surface area contributed by atoms with Gasteiger partial charge in [0.1, 0.15) is 24.1 Å². The van der Waals surface area contributed by atoms with Crippen molar-refractivity contribution in [2.45, 2.75) is 19.4 Å². The largest absolute Gasteiger partial charge is 0.491 e. The zero-order valence-corrected chi connectivity index (χ0v) is 22.3. The maximum atomic E-state index is 13.5. The molecular weight excluding hydrogens is 504 g/mol. The first-order valence-corrected chi connectivity index (χ1v) is 13.1. The highest BCUT2D eigenvalue weighted by Crippen LogP contribution is 2.40. The molecule has 1 aliphatic heterocycles. The van der Waals surface area contributed by atoms with E-state index in [-0.39, 0.29) is 6.04 Å². The van der Waals surface area contributed by atoms with Crippen LogP contribution in [0.5, 0.6) is 11.5 Å². The van der Waals surface area contributed by atoms with Gasteiger partial charge in [-0.25, -0.2) is 4.79 Å². The first-order chi connectivity index (χ1) is 18.5. The number of methoxy groups -OCH3 is 1. The molecule has 3 aromatic carbocycles. The third-order valence-electron chi connectivity index (χ3n) is 6.67. The Hall–Kier alpha value is -3.52. The molecule has 0 fully saturated rings. The lowest BCUT2D eigenvalue weighted by molar-refractivity contribution is 0.0544. The van der Waals surface area contributed by atoms with Crippen LogP contribution in [0.15, 0.2) is 66.7 Å².